The Hall–Kier alpha value is -1.91. The number of rotatable bonds is 7. The van der Waals surface area contributed by atoms with Crippen LogP contribution in [0, 0.1) is 6.92 Å². The van der Waals surface area contributed by atoms with Crippen LogP contribution in [-0.4, -0.2) is 26.8 Å². The molecule has 5 nitrogen and oxygen atoms in total. The number of aryl methyl sites for hydroxylation is 1. The summed E-state index contributed by atoms with van der Waals surface area (Å²) in [6.45, 7) is 5.30. The van der Waals surface area contributed by atoms with Gasteiger partial charge in [0.2, 0.25) is 0 Å². The Bertz CT molecular complexity index is 493. The van der Waals surface area contributed by atoms with Gasteiger partial charge in [0.15, 0.2) is 0 Å². The minimum absolute atomic E-state index is 1.01. The summed E-state index contributed by atoms with van der Waals surface area (Å²) >= 11 is 0. The van der Waals surface area contributed by atoms with Gasteiger partial charge in [-0.05, 0) is 41.5 Å². The third kappa shape index (κ3) is 3.77. The monoisotopic (exact) mass is 259 g/mol. The van der Waals surface area contributed by atoms with Crippen LogP contribution >= 0.6 is 0 Å². The summed E-state index contributed by atoms with van der Waals surface area (Å²) in [4.78, 5) is 0. The van der Waals surface area contributed by atoms with E-state index in [0.29, 0.717) is 0 Å². The van der Waals surface area contributed by atoms with Crippen molar-refractivity contribution in [2.45, 2.75) is 39.5 Å². The number of hydrogen-bond acceptors (Lipinski definition) is 4. The van der Waals surface area contributed by atoms with E-state index in [0.717, 1.165) is 23.5 Å². The van der Waals surface area contributed by atoms with Gasteiger partial charge in [0.25, 0.3) is 0 Å². The van der Waals surface area contributed by atoms with Gasteiger partial charge in [0.05, 0.1) is 5.69 Å². The van der Waals surface area contributed by atoms with E-state index in [1.54, 1.807) is 11.0 Å². The maximum Gasteiger partial charge on any atom is 0.143 e. The number of anilines is 1. The summed E-state index contributed by atoms with van der Waals surface area (Å²) < 4.78 is 1.69. The molecule has 1 aromatic carbocycles. The Morgan fingerprint density at radius 2 is 2.11 bits per heavy atom. The van der Waals surface area contributed by atoms with Gasteiger partial charge in [-0.3, -0.25) is 0 Å². The average Bonchev–Trinajstić information content (AvgIpc) is 2.94. The molecule has 0 radical (unpaired) electrons. The summed E-state index contributed by atoms with van der Waals surface area (Å²) in [6, 6.07) is 6.28. The quantitative estimate of drug-likeness (QED) is 0.777. The van der Waals surface area contributed by atoms with Gasteiger partial charge in [-0.15, -0.1) is 5.10 Å². The van der Waals surface area contributed by atoms with Crippen LogP contribution in [0.25, 0.3) is 5.69 Å². The Morgan fingerprint density at radius 3 is 2.84 bits per heavy atom. The number of nitrogens with one attached hydrogen (secondary N) is 1. The lowest BCUT2D eigenvalue weighted by Crippen LogP contribution is -2.04. The standard InChI is InChI=1S/C14H21N5/c1-3-4-5-6-9-15-13-8-7-12(2)14(10-13)19-11-16-17-18-19/h7-8,10-11,15H,3-6,9H2,1-2H3. The smallest absolute Gasteiger partial charge is 0.143 e. The molecule has 0 saturated heterocycles. The van der Waals surface area contributed by atoms with Gasteiger partial charge < -0.3 is 5.32 Å². The van der Waals surface area contributed by atoms with Crippen molar-refractivity contribution < 1.29 is 0 Å². The van der Waals surface area contributed by atoms with Gasteiger partial charge in [0.1, 0.15) is 6.33 Å². The van der Waals surface area contributed by atoms with Gasteiger partial charge in [-0.25, -0.2) is 4.68 Å². The highest BCUT2D eigenvalue weighted by molar-refractivity contribution is 5.54. The number of nitrogens with zero attached hydrogens (tertiary/aromatic N) is 4. The SMILES string of the molecule is CCCCCCNc1ccc(C)c(-n2cnnn2)c1. The Labute approximate surface area is 114 Å². The Morgan fingerprint density at radius 1 is 1.21 bits per heavy atom. The van der Waals surface area contributed by atoms with Crippen LogP contribution in [0.5, 0.6) is 0 Å². The molecule has 0 aliphatic carbocycles. The van der Waals surface area contributed by atoms with Crippen LogP contribution in [-0.2, 0) is 0 Å². The first-order chi connectivity index (χ1) is 9.31. The number of tetrazole rings is 1. The van der Waals surface area contributed by atoms with Gasteiger partial charge >= 0.3 is 0 Å². The molecular formula is C14H21N5. The lowest BCUT2D eigenvalue weighted by atomic mass is 10.1. The van der Waals surface area contributed by atoms with Gasteiger partial charge in [0, 0.05) is 12.2 Å². The summed E-state index contributed by atoms with van der Waals surface area (Å²) in [7, 11) is 0. The second kappa shape index (κ2) is 6.87. The maximum absolute atomic E-state index is 3.94. The highest BCUT2D eigenvalue weighted by Gasteiger charge is 2.03. The normalized spacial score (nSPS) is 10.6. The van der Waals surface area contributed by atoms with Crippen molar-refractivity contribution in [2.24, 2.45) is 0 Å². The van der Waals surface area contributed by atoms with E-state index in [2.05, 4.69) is 52.9 Å². The van der Waals surface area contributed by atoms with E-state index in [1.807, 2.05) is 0 Å². The van der Waals surface area contributed by atoms with Crippen LogP contribution in [0.15, 0.2) is 24.5 Å². The second-order valence-electron chi connectivity index (χ2n) is 4.74. The fourth-order valence-corrected chi connectivity index (χ4v) is 2.02. The van der Waals surface area contributed by atoms with Crippen molar-refractivity contribution in [3.05, 3.63) is 30.1 Å². The third-order valence-electron chi connectivity index (χ3n) is 3.16. The molecule has 0 fully saturated rings. The van der Waals surface area contributed by atoms with E-state index in [-0.39, 0.29) is 0 Å². The summed E-state index contributed by atoms with van der Waals surface area (Å²) in [5.41, 5.74) is 3.29. The van der Waals surface area contributed by atoms with Crippen molar-refractivity contribution in [1.82, 2.24) is 20.2 Å². The fraction of sp³-hybridized carbons (Fsp3) is 0.500. The number of unbranched alkanes of at least 4 members (excludes halogenated alkanes) is 3. The van der Waals surface area contributed by atoms with Crippen LogP contribution in [0.2, 0.25) is 0 Å². The highest BCUT2D eigenvalue weighted by Crippen LogP contribution is 2.18. The predicted octanol–water partition coefficient (Wildman–Crippen LogP) is 2.96. The molecule has 5 heteroatoms. The molecule has 1 N–H and O–H groups in total. The third-order valence-corrected chi connectivity index (χ3v) is 3.16. The van der Waals surface area contributed by atoms with E-state index in [9.17, 15) is 0 Å². The van der Waals surface area contributed by atoms with Crippen molar-refractivity contribution in [1.29, 1.82) is 0 Å². The molecular weight excluding hydrogens is 238 g/mol. The fourth-order valence-electron chi connectivity index (χ4n) is 2.02. The molecule has 1 aromatic heterocycles. The first-order valence-electron chi connectivity index (χ1n) is 6.89. The molecule has 0 saturated carbocycles. The van der Waals surface area contributed by atoms with E-state index >= 15 is 0 Å². The zero-order chi connectivity index (χ0) is 13.5. The number of aromatic nitrogens is 4. The van der Waals surface area contributed by atoms with E-state index < -0.39 is 0 Å². The molecule has 102 valence electrons. The second-order valence-corrected chi connectivity index (χ2v) is 4.74. The van der Waals surface area contributed by atoms with Gasteiger partial charge in [-0.1, -0.05) is 32.3 Å². The van der Waals surface area contributed by atoms with E-state index in [1.165, 1.54) is 25.7 Å². The zero-order valence-electron chi connectivity index (χ0n) is 11.6. The van der Waals surface area contributed by atoms with Crippen molar-refractivity contribution in [2.75, 3.05) is 11.9 Å². The van der Waals surface area contributed by atoms with Crippen LogP contribution in [0.3, 0.4) is 0 Å². The molecule has 0 bridgehead atoms. The zero-order valence-corrected chi connectivity index (χ0v) is 11.6. The minimum atomic E-state index is 1.01. The molecule has 0 aliphatic heterocycles. The first-order valence-corrected chi connectivity index (χ1v) is 6.89. The van der Waals surface area contributed by atoms with Crippen LogP contribution in [0.1, 0.15) is 38.2 Å². The average molecular weight is 259 g/mol. The minimum Gasteiger partial charge on any atom is -0.385 e. The van der Waals surface area contributed by atoms with Crippen molar-refractivity contribution >= 4 is 5.69 Å². The Balaban J connectivity index is 1.97. The molecule has 0 amide bonds. The van der Waals surface area contributed by atoms with Crippen molar-refractivity contribution in [3.63, 3.8) is 0 Å². The molecule has 2 aromatic rings. The lowest BCUT2D eigenvalue weighted by Gasteiger charge is -2.10. The van der Waals surface area contributed by atoms with E-state index in [4.69, 9.17) is 0 Å². The topological polar surface area (TPSA) is 55.6 Å². The summed E-state index contributed by atoms with van der Waals surface area (Å²) in [6.07, 6.45) is 6.70. The lowest BCUT2D eigenvalue weighted by molar-refractivity contribution is 0.685. The molecule has 0 aliphatic rings. The largest absolute Gasteiger partial charge is 0.385 e. The van der Waals surface area contributed by atoms with Crippen LogP contribution in [0.4, 0.5) is 5.69 Å². The maximum atomic E-state index is 3.94. The van der Waals surface area contributed by atoms with Gasteiger partial charge in [-0.2, -0.15) is 0 Å². The molecule has 0 unspecified atom stereocenters. The summed E-state index contributed by atoms with van der Waals surface area (Å²) in [5, 5.41) is 14.7. The van der Waals surface area contributed by atoms with Crippen molar-refractivity contribution in [3.8, 4) is 5.69 Å². The first kappa shape index (κ1) is 13.5. The molecule has 0 spiro atoms. The highest BCUT2D eigenvalue weighted by atomic mass is 15.5. The molecule has 19 heavy (non-hydrogen) atoms. The molecule has 2 rings (SSSR count). The Kier molecular flexibility index (Phi) is 4.89. The number of benzene rings is 1. The molecule has 1 heterocycles. The summed E-state index contributed by atoms with van der Waals surface area (Å²) in [5.74, 6) is 0. The number of hydrogen-bond donors (Lipinski definition) is 1. The van der Waals surface area contributed by atoms with Crippen LogP contribution < -0.4 is 5.32 Å². The molecule has 0 atom stereocenters. The predicted molar refractivity (Wildman–Crippen MR) is 76.5 cm³/mol.